The van der Waals surface area contributed by atoms with Crippen LogP contribution in [0.1, 0.15) is 31.7 Å². The van der Waals surface area contributed by atoms with Crippen molar-refractivity contribution in [2.45, 2.75) is 38.7 Å². The van der Waals surface area contributed by atoms with Gasteiger partial charge >= 0.3 is 5.97 Å². The van der Waals surface area contributed by atoms with Crippen LogP contribution in [0.25, 0.3) is 0 Å². The molecule has 20 heavy (non-hydrogen) atoms. The van der Waals surface area contributed by atoms with Crippen LogP contribution in [0, 0.1) is 5.92 Å². The highest BCUT2D eigenvalue weighted by Gasteiger charge is 2.29. The number of hydrogen-bond acceptors (Lipinski definition) is 4. The van der Waals surface area contributed by atoms with E-state index in [9.17, 15) is 4.79 Å². The first kappa shape index (κ1) is 14.9. The van der Waals surface area contributed by atoms with Crippen molar-refractivity contribution in [3.05, 3.63) is 29.8 Å². The van der Waals surface area contributed by atoms with Gasteiger partial charge in [-0.3, -0.25) is 4.79 Å². The SMILES string of the molecule is COCOc1ccc(C[C@@H]2CCC[C@@H]2OC(C)=O)cc1. The summed E-state index contributed by atoms with van der Waals surface area (Å²) in [6.07, 6.45) is 4.27. The maximum absolute atomic E-state index is 11.1. The zero-order valence-corrected chi connectivity index (χ0v) is 12.1. The Morgan fingerprint density at radius 1 is 1.25 bits per heavy atom. The van der Waals surface area contributed by atoms with E-state index >= 15 is 0 Å². The summed E-state index contributed by atoms with van der Waals surface area (Å²) in [5.74, 6) is 1.06. The summed E-state index contributed by atoms with van der Waals surface area (Å²) in [6, 6.07) is 8.02. The molecule has 110 valence electrons. The smallest absolute Gasteiger partial charge is 0.302 e. The summed E-state index contributed by atoms with van der Waals surface area (Å²) >= 11 is 0. The minimum atomic E-state index is -0.176. The summed E-state index contributed by atoms with van der Waals surface area (Å²) in [6.45, 7) is 1.74. The van der Waals surface area contributed by atoms with E-state index in [1.807, 2.05) is 12.1 Å². The van der Waals surface area contributed by atoms with Gasteiger partial charge in [-0.25, -0.2) is 0 Å². The van der Waals surface area contributed by atoms with E-state index in [0.29, 0.717) is 5.92 Å². The van der Waals surface area contributed by atoms with Crippen LogP contribution < -0.4 is 4.74 Å². The molecule has 0 heterocycles. The topological polar surface area (TPSA) is 44.8 Å². The van der Waals surface area contributed by atoms with Gasteiger partial charge in [0.2, 0.25) is 0 Å². The van der Waals surface area contributed by atoms with Gasteiger partial charge in [0.05, 0.1) is 0 Å². The Hall–Kier alpha value is -1.55. The molecule has 1 aliphatic rings. The van der Waals surface area contributed by atoms with Gasteiger partial charge in [0, 0.05) is 14.0 Å². The van der Waals surface area contributed by atoms with Gasteiger partial charge in [0.1, 0.15) is 11.9 Å². The molecule has 1 aliphatic carbocycles. The lowest BCUT2D eigenvalue weighted by molar-refractivity contribution is -0.147. The molecule has 0 spiro atoms. The Kier molecular flexibility index (Phi) is 5.41. The zero-order valence-electron chi connectivity index (χ0n) is 12.1. The minimum Gasteiger partial charge on any atom is -0.468 e. The molecular weight excluding hydrogens is 256 g/mol. The summed E-state index contributed by atoms with van der Waals surface area (Å²) in [4.78, 5) is 11.1. The molecule has 1 fully saturated rings. The second-order valence-corrected chi connectivity index (χ2v) is 5.24. The normalized spacial score (nSPS) is 21.7. The van der Waals surface area contributed by atoms with E-state index in [0.717, 1.165) is 31.4 Å². The molecule has 2 rings (SSSR count). The van der Waals surface area contributed by atoms with Crippen molar-refractivity contribution in [1.82, 2.24) is 0 Å². The van der Waals surface area contributed by atoms with Crippen LogP contribution >= 0.6 is 0 Å². The standard InChI is InChI=1S/C16H22O4/c1-12(17)20-16-5-3-4-14(16)10-13-6-8-15(9-7-13)19-11-18-2/h6-9,14,16H,3-5,10-11H2,1-2H3/t14-,16-/m0/s1. The van der Waals surface area contributed by atoms with Crippen molar-refractivity contribution in [1.29, 1.82) is 0 Å². The van der Waals surface area contributed by atoms with Gasteiger partial charge in [0.25, 0.3) is 0 Å². The Bertz CT molecular complexity index is 427. The number of esters is 1. The van der Waals surface area contributed by atoms with Crippen LogP contribution in [0.2, 0.25) is 0 Å². The van der Waals surface area contributed by atoms with E-state index in [2.05, 4.69) is 12.1 Å². The number of rotatable bonds is 6. The first-order valence-corrected chi connectivity index (χ1v) is 7.07. The summed E-state index contributed by atoms with van der Waals surface area (Å²) in [5.41, 5.74) is 1.25. The van der Waals surface area contributed by atoms with Crippen molar-refractivity contribution in [3.8, 4) is 5.75 Å². The third-order valence-electron chi connectivity index (χ3n) is 3.67. The fourth-order valence-electron chi connectivity index (χ4n) is 2.76. The third-order valence-corrected chi connectivity index (χ3v) is 3.67. The number of benzene rings is 1. The Morgan fingerprint density at radius 2 is 2.00 bits per heavy atom. The molecule has 1 saturated carbocycles. The first-order valence-electron chi connectivity index (χ1n) is 7.07. The lowest BCUT2D eigenvalue weighted by Crippen LogP contribution is -2.22. The number of carbonyl (C=O) groups is 1. The molecule has 0 aliphatic heterocycles. The minimum absolute atomic E-state index is 0.0805. The lowest BCUT2D eigenvalue weighted by Gasteiger charge is -2.19. The largest absolute Gasteiger partial charge is 0.468 e. The summed E-state index contributed by atoms with van der Waals surface area (Å²) < 4.78 is 15.6. The van der Waals surface area contributed by atoms with Crippen LogP contribution in [0.4, 0.5) is 0 Å². The van der Waals surface area contributed by atoms with Crippen LogP contribution in [0.3, 0.4) is 0 Å². The van der Waals surface area contributed by atoms with Crippen molar-refractivity contribution >= 4 is 5.97 Å². The lowest BCUT2D eigenvalue weighted by atomic mass is 9.96. The van der Waals surface area contributed by atoms with E-state index < -0.39 is 0 Å². The van der Waals surface area contributed by atoms with Gasteiger partial charge in [0.15, 0.2) is 6.79 Å². The van der Waals surface area contributed by atoms with Crippen molar-refractivity contribution < 1.29 is 19.0 Å². The molecule has 0 unspecified atom stereocenters. The fourth-order valence-corrected chi connectivity index (χ4v) is 2.76. The van der Waals surface area contributed by atoms with Gasteiger partial charge in [-0.1, -0.05) is 12.1 Å². The number of ether oxygens (including phenoxy) is 3. The molecule has 0 amide bonds. The molecular formula is C16H22O4. The third kappa shape index (κ3) is 4.23. The fraction of sp³-hybridized carbons (Fsp3) is 0.562. The average Bonchev–Trinajstić information content (AvgIpc) is 2.84. The Morgan fingerprint density at radius 3 is 2.65 bits per heavy atom. The second-order valence-electron chi connectivity index (χ2n) is 5.24. The predicted octanol–water partition coefficient (Wildman–Crippen LogP) is 2.94. The van der Waals surface area contributed by atoms with Gasteiger partial charge in [-0.2, -0.15) is 0 Å². The average molecular weight is 278 g/mol. The highest BCUT2D eigenvalue weighted by molar-refractivity contribution is 5.66. The van der Waals surface area contributed by atoms with Gasteiger partial charge in [-0.15, -0.1) is 0 Å². The van der Waals surface area contributed by atoms with E-state index in [1.165, 1.54) is 12.5 Å². The predicted molar refractivity (Wildman–Crippen MR) is 75.5 cm³/mol. The van der Waals surface area contributed by atoms with E-state index in [1.54, 1.807) is 7.11 Å². The van der Waals surface area contributed by atoms with Gasteiger partial charge in [-0.05, 0) is 49.3 Å². The van der Waals surface area contributed by atoms with Crippen molar-refractivity contribution in [2.75, 3.05) is 13.9 Å². The highest BCUT2D eigenvalue weighted by Crippen LogP contribution is 2.31. The van der Waals surface area contributed by atoms with Crippen molar-refractivity contribution in [2.24, 2.45) is 5.92 Å². The molecule has 1 aromatic carbocycles. The molecule has 4 nitrogen and oxygen atoms in total. The maximum atomic E-state index is 11.1. The quantitative estimate of drug-likeness (QED) is 0.593. The summed E-state index contributed by atoms with van der Waals surface area (Å²) in [5, 5.41) is 0. The summed E-state index contributed by atoms with van der Waals surface area (Å²) in [7, 11) is 1.60. The molecule has 4 heteroatoms. The van der Waals surface area contributed by atoms with Crippen LogP contribution in [-0.4, -0.2) is 26.0 Å². The van der Waals surface area contributed by atoms with Crippen LogP contribution in [0.15, 0.2) is 24.3 Å². The molecule has 0 N–H and O–H groups in total. The molecule has 0 aromatic heterocycles. The number of methoxy groups -OCH3 is 1. The molecule has 1 aromatic rings. The molecule has 0 radical (unpaired) electrons. The monoisotopic (exact) mass is 278 g/mol. The highest BCUT2D eigenvalue weighted by atomic mass is 16.7. The second kappa shape index (κ2) is 7.29. The molecule has 0 bridgehead atoms. The Balaban J connectivity index is 1.90. The van der Waals surface area contributed by atoms with E-state index in [-0.39, 0.29) is 18.9 Å². The number of hydrogen-bond donors (Lipinski definition) is 0. The van der Waals surface area contributed by atoms with Gasteiger partial charge < -0.3 is 14.2 Å². The first-order chi connectivity index (χ1) is 9.69. The van der Waals surface area contributed by atoms with E-state index in [4.69, 9.17) is 14.2 Å². The maximum Gasteiger partial charge on any atom is 0.302 e. The molecule has 2 atom stereocenters. The van der Waals surface area contributed by atoms with Crippen LogP contribution in [-0.2, 0) is 20.7 Å². The molecule has 0 saturated heterocycles. The van der Waals surface area contributed by atoms with Crippen LogP contribution in [0.5, 0.6) is 5.75 Å². The van der Waals surface area contributed by atoms with Crippen molar-refractivity contribution in [3.63, 3.8) is 0 Å². The Labute approximate surface area is 120 Å². The number of carbonyl (C=O) groups excluding carboxylic acids is 1. The zero-order chi connectivity index (χ0) is 14.4.